The summed E-state index contributed by atoms with van der Waals surface area (Å²) in [6.07, 6.45) is 3.13. The van der Waals surface area contributed by atoms with E-state index in [0.29, 0.717) is 12.4 Å². The molecular formula is C24H22N2O3S. The van der Waals surface area contributed by atoms with Crippen LogP contribution >= 0.6 is 12.2 Å². The highest BCUT2D eigenvalue weighted by Gasteiger charge is 2.03. The molecule has 0 radical (unpaired) electrons. The number of rotatable bonds is 7. The zero-order valence-electron chi connectivity index (χ0n) is 16.5. The van der Waals surface area contributed by atoms with Crippen LogP contribution in [0.1, 0.15) is 11.1 Å². The number of methoxy groups -OCH3 is 1. The predicted octanol–water partition coefficient (Wildman–Crippen LogP) is 4.80. The largest absolute Gasteiger partial charge is 0.497 e. The Hall–Kier alpha value is -3.64. The lowest BCUT2D eigenvalue weighted by molar-refractivity contribution is -0.115. The Kier molecular flexibility index (Phi) is 7.58. The number of benzene rings is 3. The van der Waals surface area contributed by atoms with Gasteiger partial charge >= 0.3 is 0 Å². The highest BCUT2D eigenvalue weighted by Crippen LogP contribution is 2.18. The van der Waals surface area contributed by atoms with Crippen molar-refractivity contribution in [3.63, 3.8) is 0 Å². The van der Waals surface area contributed by atoms with Crippen LogP contribution in [0.5, 0.6) is 11.5 Å². The lowest BCUT2D eigenvalue weighted by Gasteiger charge is -2.11. The summed E-state index contributed by atoms with van der Waals surface area (Å²) in [5.41, 5.74) is 2.69. The van der Waals surface area contributed by atoms with Gasteiger partial charge in [-0.05, 0) is 53.7 Å². The van der Waals surface area contributed by atoms with E-state index in [4.69, 9.17) is 21.7 Å². The van der Waals surface area contributed by atoms with E-state index in [2.05, 4.69) is 10.6 Å². The van der Waals surface area contributed by atoms with Gasteiger partial charge in [0.15, 0.2) is 5.11 Å². The van der Waals surface area contributed by atoms with Crippen LogP contribution in [0.2, 0.25) is 0 Å². The molecule has 5 nitrogen and oxygen atoms in total. The topological polar surface area (TPSA) is 59.6 Å². The number of thiocarbonyl (C=S) groups is 1. The molecule has 3 rings (SSSR count). The minimum Gasteiger partial charge on any atom is -0.497 e. The maximum absolute atomic E-state index is 12.1. The smallest absolute Gasteiger partial charge is 0.250 e. The molecule has 0 aliphatic carbocycles. The van der Waals surface area contributed by atoms with Crippen molar-refractivity contribution in [2.24, 2.45) is 0 Å². The van der Waals surface area contributed by atoms with Crippen molar-refractivity contribution in [2.75, 3.05) is 12.4 Å². The van der Waals surface area contributed by atoms with E-state index in [1.807, 2.05) is 78.9 Å². The Morgan fingerprint density at radius 2 is 1.73 bits per heavy atom. The first-order valence-electron chi connectivity index (χ1n) is 9.33. The molecule has 0 saturated heterocycles. The van der Waals surface area contributed by atoms with Crippen molar-refractivity contribution in [1.82, 2.24) is 5.32 Å². The number of amides is 1. The number of nitrogens with one attached hydrogen (secondary N) is 2. The molecule has 2 N–H and O–H groups in total. The number of carbonyl (C=O) groups excluding carboxylic acids is 1. The quantitative estimate of drug-likeness (QED) is 0.426. The van der Waals surface area contributed by atoms with Gasteiger partial charge < -0.3 is 14.8 Å². The number of hydrogen-bond acceptors (Lipinski definition) is 4. The third-order valence-corrected chi connectivity index (χ3v) is 4.32. The summed E-state index contributed by atoms with van der Waals surface area (Å²) in [7, 11) is 1.61. The van der Waals surface area contributed by atoms with Gasteiger partial charge in [0.1, 0.15) is 18.1 Å². The number of hydrogen-bond donors (Lipinski definition) is 2. The van der Waals surface area contributed by atoms with Crippen LogP contribution in [0.4, 0.5) is 5.69 Å². The van der Waals surface area contributed by atoms with Gasteiger partial charge in [-0.1, -0.05) is 48.5 Å². The van der Waals surface area contributed by atoms with Gasteiger partial charge in [-0.2, -0.15) is 0 Å². The lowest BCUT2D eigenvalue weighted by atomic mass is 10.2. The first-order valence-corrected chi connectivity index (χ1v) is 9.74. The maximum Gasteiger partial charge on any atom is 0.250 e. The molecule has 3 aromatic rings. The molecule has 30 heavy (non-hydrogen) atoms. The summed E-state index contributed by atoms with van der Waals surface area (Å²) >= 11 is 5.23. The fourth-order valence-corrected chi connectivity index (χ4v) is 2.83. The fourth-order valence-electron chi connectivity index (χ4n) is 2.61. The molecular weight excluding hydrogens is 396 g/mol. The SMILES string of the molecule is COc1ccc(/C=C/C(=O)NC(=S)Nc2cccc(OCc3ccccc3)c2)cc1. The summed E-state index contributed by atoms with van der Waals surface area (Å²) in [5, 5.41) is 5.83. The van der Waals surface area contributed by atoms with E-state index >= 15 is 0 Å². The molecule has 0 fully saturated rings. The Labute approximate surface area is 181 Å². The summed E-state index contributed by atoms with van der Waals surface area (Å²) in [5.74, 6) is 1.15. The average molecular weight is 419 g/mol. The van der Waals surface area contributed by atoms with E-state index < -0.39 is 0 Å². The van der Waals surface area contributed by atoms with Crippen molar-refractivity contribution in [1.29, 1.82) is 0 Å². The maximum atomic E-state index is 12.1. The normalized spacial score (nSPS) is 10.4. The van der Waals surface area contributed by atoms with Gasteiger partial charge in [0, 0.05) is 17.8 Å². The number of ether oxygens (including phenoxy) is 2. The van der Waals surface area contributed by atoms with Crippen molar-refractivity contribution in [3.05, 3.63) is 96.1 Å². The molecule has 0 aliphatic rings. The van der Waals surface area contributed by atoms with Crippen molar-refractivity contribution < 1.29 is 14.3 Å². The molecule has 3 aromatic carbocycles. The van der Waals surface area contributed by atoms with Crippen molar-refractivity contribution in [3.8, 4) is 11.5 Å². The Bertz CT molecular complexity index is 1020. The second-order valence-electron chi connectivity index (χ2n) is 6.35. The van der Waals surface area contributed by atoms with Gasteiger partial charge in [-0.15, -0.1) is 0 Å². The molecule has 1 amide bonds. The Balaban J connectivity index is 1.50. The van der Waals surface area contributed by atoms with Gasteiger partial charge in [-0.3, -0.25) is 10.1 Å². The summed E-state index contributed by atoms with van der Waals surface area (Å²) in [6.45, 7) is 0.474. The minimum atomic E-state index is -0.320. The first kappa shape index (κ1) is 21.1. The van der Waals surface area contributed by atoms with Gasteiger partial charge in [-0.25, -0.2) is 0 Å². The Morgan fingerprint density at radius 1 is 0.967 bits per heavy atom. The highest BCUT2D eigenvalue weighted by molar-refractivity contribution is 7.80. The second-order valence-corrected chi connectivity index (χ2v) is 6.76. The van der Waals surface area contributed by atoms with Crippen LogP contribution in [0.3, 0.4) is 0 Å². The summed E-state index contributed by atoms with van der Waals surface area (Å²) in [6, 6.07) is 24.7. The van der Waals surface area contributed by atoms with Gasteiger partial charge in [0.2, 0.25) is 5.91 Å². The molecule has 0 atom stereocenters. The number of anilines is 1. The minimum absolute atomic E-state index is 0.208. The molecule has 152 valence electrons. The molecule has 0 unspecified atom stereocenters. The van der Waals surface area contributed by atoms with Crippen LogP contribution in [0, 0.1) is 0 Å². The summed E-state index contributed by atoms with van der Waals surface area (Å²) < 4.78 is 10.9. The second kappa shape index (κ2) is 10.8. The van der Waals surface area contributed by atoms with E-state index in [9.17, 15) is 4.79 Å². The van der Waals surface area contributed by atoms with Crippen molar-refractivity contribution in [2.45, 2.75) is 6.61 Å². The van der Waals surface area contributed by atoms with E-state index in [1.165, 1.54) is 6.08 Å². The van der Waals surface area contributed by atoms with Crippen LogP contribution in [-0.4, -0.2) is 18.1 Å². The fraction of sp³-hybridized carbons (Fsp3) is 0.0833. The van der Waals surface area contributed by atoms with E-state index in [0.717, 1.165) is 22.6 Å². The van der Waals surface area contributed by atoms with Crippen LogP contribution < -0.4 is 20.1 Å². The molecule has 6 heteroatoms. The zero-order valence-corrected chi connectivity index (χ0v) is 17.3. The third-order valence-electron chi connectivity index (χ3n) is 4.12. The molecule has 0 aromatic heterocycles. The standard InChI is InChI=1S/C24H22N2O3S/c1-28-21-13-10-18(11-14-21)12-15-23(27)26-24(30)25-20-8-5-9-22(16-20)29-17-19-6-3-2-4-7-19/h2-16H,17H2,1H3,(H2,25,26,27,30)/b15-12+. The third kappa shape index (κ3) is 6.76. The van der Waals surface area contributed by atoms with Crippen LogP contribution in [-0.2, 0) is 11.4 Å². The van der Waals surface area contributed by atoms with Crippen LogP contribution in [0.25, 0.3) is 6.08 Å². The van der Waals surface area contributed by atoms with Gasteiger partial charge in [0.25, 0.3) is 0 Å². The van der Waals surface area contributed by atoms with E-state index in [1.54, 1.807) is 13.2 Å². The van der Waals surface area contributed by atoms with Gasteiger partial charge in [0.05, 0.1) is 7.11 Å². The molecule has 0 spiro atoms. The highest BCUT2D eigenvalue weighted by atomic mass is 32.1. The van der Waals surface area contributed by atoms with Crippen molar-refractivity contribution >= 4 is 35.0 Å². The number of carbonyl (C=O) groups is 1. The monoisotopic (exact) mass is 418 g/mol. The Morgan fingerprint density at radius 3 is 2.47 bits per heavy atom. The average Bonchev–Trinajstić information content (AvgIpc) is 2.77. The van der Waals surface area contributed by atoms with E-state index in [-0.39, 0.29) is 11.0 Å². The molecule has 0 heterocycles. The molecule has 0 aliphatic heterocycles. The summed E-state index contributed by atoms with van der Waals surface area (Å²) in [4.78, 5) is 12.1. The predicted molar refractivity (Wildman–Crippen MR) is 124 cm³/mol. The molecule has 0 bridgehead atoms. The van der Waals surface area contributed by atoms with Crippen LogP contribution in [0.15, 0.2) is 84.9 Å². The zero-order chi connectivity index (χ0) is 21.2. The lowest BCUT2D eigenvalue weighted by Crippen LogP contribution is -2.32. The first-order chi connectivity index (χ1) is 14.6. The molecule has 0 saturated carbocycles.